The summed E-state index contributed by atoms with van der Waals surface area (Å²) in [6, 6.07) is 8.84. The maximum absolute atomic E-state index is 13.3. The van der Waals surface area contributed by atoms with E-state index in [0.29, 0.717) is 35.0 Å². The van der Waals surface area contributed by atoms with Crippen LogP contribution < -0.4 is 26.4 Å². The largest absolute Gasteiger partial charge is 0.480 e. The molecule has 2 amide bonds. The molecular weight excluding hydrogens is 496 g/mol. The Bertz CT molecular complexity index is 1330. The fourth-order valence-corrected chi connectivity index (χ4v) is 3.96. The number of aromatic nitrogens is 3. The number of ether oxygens (including phenoxy) is 1. The average molecular weight is 525 g/mol. The summed E-state index contributed by atoms with van der Waals surface area (Å²) in [6.45, 7) is 3.81. The van der Waals surface area contributed by atoms with E-state index in [2.05, 4.69) is 26.0 Å². The Kier molecular flexibility index (Phi) is 8.39. The Labute approximate surface area is 219 Å². The van der Waals surface area contributed by atoms with E-state index in [1.54, 1.807) is 37.5 Å². The molecule has 2 aromatic heterocycles. The maximum atomic E-state index is 13.3. The number of aryl methyl sites for hydroxylation is 1. The van der Waals surface area contributed by atoms with Gasteiger partial charge in [-0.25, -0.2) is 9.66 Å². The first-order valence-corrected chi connectivity index (χ1v) is 12.4. The molecule has 0 saturated heterocycles. The molecule has 37 heavy (non-hydrogen) atoms. The van der Waals surface area contributed by atoms with Gasteiger partial charge in [-0.15, -0.1) is 0 Å². The van der Waals surface area contributed by atoms with Crippen molar-refractivity contribution in [2.75, 3.05) is 17.3 Å². The lowest BCUT2D eigenvalue weighted by Gasteiger charge is -2.22. The predicted molar refractivity (Wildman–Crippen MR) is 140 cm³/mol. The van der Waals surface area contributed by atoms with Crippen LogP contribution in [0.15, 0.2) is 53.7 Å². The van der Waals surface area contributed by atoms with Crippen LogP contribution in [0.4, 0.5) is 5.82 Å². The summed E-state index contributed by atoms with van der Waals surface area (Å²) in [5.74, 6) is -0.0381. The second-order valence-electron chi connectivity index (χ2n) is 8.93. The van der Waals surface area contributed by atoms with E-state index in [1.165, 1.54) is 17.8 Å². The van der Waals surface area contributed by atoms with Gasteiger partial charge in [-0.05, 0) is 62.1 Å². The number of nitrogens with zero attached hydrogens (tertiary/aromatic N) is 3. The van der Waals surface area contributed by atoms with E-state index in [0.717, 1.165) is 18.4 Å². The molecular formula is C26H29ClN6O4. The molecule has 1 saturated carbocycles. The van der Waals surface area contributed by atoms with Crippen LogP contribution in [0.2, 0.25) is 5.02 Å². The summed E-state index contributed by atoms with van der Waals surface area (Å²) in [5.41, 5.74) is 4.45. The lowest BCUT2D eigenvalue weighted by atomic mass is 10.1. The minimum absolute atomic E-state index is 0.0140. The number of anilines is 1. The van der Waals surface area contributed by atoms with Gasteiger partial charge in [-0.3, -0.25) is 24.8 Å². The molecule has 1 aliphatic rings. The van der Waals surface area contributed by atoms with Gasteiger partial charge >= 0.3 is 5.56 Å². The second-order valence-corrected chi connectivity index (χ2v) is 9.37. The molecule has 1 unspecified atom stereocenters. The zero-order valence-electron chi connectivity index (χ0n) is 20.7. The summed E-state index contributed by atoms with van der Waals surface area (Å²) in [6.07, 6.45) is 6.48. The van der Waals surface area contributed by atoms with E-state index < -0.39 is 17.6 Å². The highest BCUT2D eigenvalue weighted by Crippen LogP contribution is 2.36. The van der Waals surface area contributed by atoms with E-state index in [1.807, 2.05) is 12.1 Å². The van der Waals surface area contributed by atoms with Crippen molar-refractivity contribution in [1.29, 1.82) is 0 Å². The number of amides is 2. The molecule has 11 heteroatoms. The first-order valence-electron chi connectivity index (χ1n) is 12.0. The van der Waals surface area contributed by atoms with Gasteiger partial charge in [0.15, 0.2) is 11.9 Å². The van der Waals surface area contributed by atoms with Gasteiger partial charge in [0.1, 0.15) is 5.75 Å². The molecule has 194 valence electrons. The topological polar surface area (TPSA) is 127 Å². The molecule has 1 fully saturated rings. The quantitative estimate of drug-likeness (QED) is 0.352. The molecule has 0 aliphatic heterocycles. The Balaban J connectivity index is 1.48. The van der Waals surface area contributed by atoms with Gasteiger partial charge in [0, 0.05) is 48.9 Å². The second kappa shape index (κ2) is 11.9. The van der Waals surface area contributed by atoms with Crippen LogP contribution >= 0.6 is 11.6 Å². The third-order valence-corrected chi connectivity index (χ3v) is 6.16. The molecule has 0 spiro atoms. The highest BCUT2D eigenvalue weighted by atomic mass is 35.5. The molecule has 3 N–H and O–H groups in total. The van der Waals surface area contributed by atoms with Gasteiger partial charge in [0.05, 0.1) is 11.9 Å². The normalized spacial score (nSPS) is 13.5. The van der Waals surface area contributed by atoms with Gasteiger partial charge in [-0.2, -0.15) is 0 Å². The molecule has 3 aromatic rings. The Morgan fingerprint density at radius 2 is 1.97 bits per heavy atom. The Hall–Kier alpha value is -3.92. The van der Waals surface area contributed by atoms with Gasteiger partial charge in [0.25, 0.3) is 5.91 Å². The summed E-state index contributed by atoms with van der Waals surface area (Å²) in [7, 11) is 0. The third-order valence-electron chi connectivity index (χ3n) is 5.93. The first-order chi connectivity index (χ1) is 17.8. The van der Waals surface area contributed by atoms with Crippen LogP contribution in [0.3, 0.4) is 0 Å². The minimum atomic E-state index is -0.820. The van der Waals surface area contributed by atoms with Crippen molar-refractivity contribution < 1.29 is 14.3 Å². The molecule has 0 radical (unpaired) electrons. The predicted octanol–water partition coefficient (Wildman–Crippen LogP) is 2.82. The number of benzene rings is 1. The molecule has 4 rings (SSSR count). The van der Waals surface area contributed by atoms with Crippen LogP contribution in [-0.4, -0.2) is 39.1 Å². The number of hydrogen-bond acceptors (Lipinski definition) is 7. The summed E-state index contributed by atoms with van der Waals surface area (Å²) in [5, 5.41) is 6.26. The van der Waals surface area contributed by atoms with E-state index in [4.69, 9.17) is 16.3 Å². The number of pyridine rings is 1. The zero-order chi connectivity index (χ0) is 26.4. The van der Waals surface area contributed by atoms with Crippen molar-refractivity contribution in [2.24, 2.45) is 5.92 Å². The summed E-state index contributed by atoms with van der Waals surface area (Å²) < 4.78 is 7.32. The number of carbonyl (C=O) groups excluding carboxylic acids is 2. The number of nitrogens with one attached hydrogen (secondary N) is 3. The minimum Gasteiger partial charge on any atom is -0.480 e. The van der Waals surface area contributed by atoms with Crippen molar-refractivity contribution in [3.63, 3.8) is 0 Å². The van der Waals surface area contributed by atoms with E-state index in [-0.39, 0.29) is 24.2 Å². The molecule has 1 atom stereocenters. The maximum Gasteiger partial charge on any atom is 0.312 e. The van der Waals surface area contributed by atoms with Crippen molar-refractivity contribution in [1.82, 2.24) is 20.0 Å². The number of halogens is 1. The van der Waals surface area contributed by atoms with Gasteiger partial charge in [0.2, 0.25) is 5.91 Å². The lowest BCUT2D eigenvalue weighted by molar-refractivity contribution is -0.124. The first kappa shape index (κ1) is 26.2. The smallest absolute Gasteiger partial charge is 0.312 e. The van der Waals surface area contributed by atoms with Crippen LogP contribution in [0.1, 0.15) is 36.6 Å². The van der Waals surface area contributed by atoms with Crippen LogP contribution in [0.25, 0.3) is 0 Å². The average Bonchev–Trinajstić information content (AvgIpc) is 3.72. The van der Waals surface area contributed by atoms with E-state index in [9.17, 15) is 14.4 Å². The highest BCUT2D eigenvalue weighted by Gasteiger charge is 2.39. The van der Waals surface area contributed by atoms with Crippen LogP contribution in [0, 0.1) is 12.8 Å². The highest BCUT2D eigenvalue weighted by molar-refractivity contribution is 6.30. The standard InChI is InChI=1S/C26H29ClN6O4/c1-16-14-31-24(29-12-9-18-7-10-28-11-8-18)26(36)33(16)32-25(35)23(19-3-4-19)37-22-6-5-21(27)13-20(22)15-30-17(2)34/h5-8,10-11,13-14,19,23H,3-4,9,12,15H2,1-2H3,(H,29,31)(H,30,34)(H,32,35). The van der Waals surface area contributed by atoms with Crippen molar-refractivity contribution in [3.05, 3.63) is 81.1 Å². The van der Waals surface area contributed by atoms with Crippen molar-refractivity contribution in [2.45, 2.75) is 45.8 Å². The lowest BCUT2D eigenvalue weighted by Crippen LogP contribution is -2.44. The van der Waals surface area contributed by atoms with Crippen molar-refractivity contribution >= 4 is 29.2 Å². The Morgan fingerprint density at radius 3 is 2.68 bits per heavy atom. The third kappa shape index (κ3) is 7.07. The van der Waals surface area contributed by atoms with Gasteiger partial charge < -0.3 is 15.4 Å². The van der Waals surface area contributed by atoms with Crippen LogP contribution in [-0.2, 0) is 22.6 Å². The zero-order valence-corrected chi connectivity index (χ0v) is 21.4. The molecule has 2 heterocycles. The number of hydrogen-bond donors (Lipinski definition) is 3. The van der Waals surface area contributed by atoms with Crippen molar-refractivity contribution in [3.8, 4) is 5.75 Å². The summed E-state index contributed by atoms with van der Waals surface area (Å²) in [4.78, 5) is 46.0. The van der Waals surface area contributed by atoms with Gasteiger partial charge in [-0.1, -0.05) is 11.6 Å². The fourth-order valence-electron chi connectivity index (χ4n) is 3.77. The monoisotopic (exact) mass is 524 g/mol. The molecule has 1 aliphatic carbocycles. The molecule has 10 nitrogen and oxygen atoms in total. The van der Waals surface area contributed by atoms with Crippen LogP contribution in [0.5, 0.6) is 5.75 Å². The number of rotatable bonds is 11. The number of carbonyl (C=O) groups is 2. The fraction of sp³-hybridized carbons (Fsp3) is 0.346. The Morgan fingerprint density at radius 1 is 1.22 bits per heavy atom. The van der Waals surface area contributed by atoms with E-state index >= 15 is 0 Å². The SMILES string of the molecule is CC(=O)NCc1cc(Cl)ccc1OC(C(=O)Nn1c(C)cnc(NCCc2ccncc2)c1=O)C1CC1. The summed E-state index contributed by atoms with van der Waals surface area (Å²) >= 11 is 6.13. The molecule has 1 aromatic carbocycles. The molecule has 0 bridgehead atoms.